The van der Waals surface area contributed by atoms with E-state index in [1.807, 2.05) is 0 Å². The Hall–Kier alpha value is -2.98. The number of rotatable bonds is 2. The lowest BCUT2D eigenvalue weighted by Gasteiger charge is -2.11. The highest BCUT2D eigenvalue weighted by atomic mass is 32.1. The molecule has 0 fully saturated rings. The monoisotopic (exact) mass is 367 g/mol. The third kappa shape index (κ3) is 4.41. The molecule has 0 unspecified atom stereocenters. The summed E-state index contributed by atoms with van der Waals surface area (Å²) in [5.41, 5.74) is 10.0. The summed E-state index contributed by atoms with van der Waals surface area (Å²) in [7, 11) is 0. The zero-order valence-electron chi connectivity index (χ0n) is 16.1. The molecule has 3 aromatic rings. The molecule has 2 heteroatoms. The maximum absolute atomic E-state index is 4.75. The Morgan fingerprint density at radius 2 is 1.30 bits per heavy atom. The Kier molecular flexibility index (Phi) is 5.67. The number of nitrogens with zero attached hydrogens (tertiary/aromatic N) is 1. The summed E-state index contributed by atoms with van der Waals surface area (Å²) in [5, 5.41) is 2.47. The molecule has 0 saturated heterocycles. The highest BCUT2D eigenvalue weighted by Crippen LogP contribution is 2.32. The summed E-state index contributed by atoms with van der Waals surface area (Å²) in [6.45, 7) is 8.31. The predicted octanol–water partition coefficient (Wildman–Crippen LogP) is 6.72. The first-order valence-corrected chi connectivity index (χ1v) is 9.27. The van der Waals surface area contributed by atoms with Crippen LogP contribution in [0.3, 0.4) is 0 Å². The van der Waals surface area contributed by atoms with Crippen molar-refractivity contribution < 1.29 is 0 Å². The van der Waals surface area contributed by atoms with Gasteiger partial charge < -0.3 is 0 Å². The van der Waals surface area contributed by atoms with Crippen molar-refractivity contribution in [2.75, 3.05) is 0 Å². The second kappa shape index (κ2) is 8.14. The summed E-state index contributed by atoms with van der Waals surface area (Å²) in [5.74, 6) is 6.50. The highest BCUT2D eigenvalue weighted by molar-refractivity contribution is 7.78. The van der Waals surface area contributed by atoms with Crippen molar-refractivity contribution in [3.05, 3.63) is 88.0 Å². The zero-order valence-corrected chi connectivity index (χ0v) is 16.9. The summed E-state index contributed by atoms with van der Waals surface area (Å²) in [6.07, 6.45) is 0. The molecule has 0 heterocycles. The average Bonchev–Trinajstić information content (AvgIpc) is 2.64. The standard InChI is InChI=1S/C25H21NS/c1-17-5-7-21(8-6-17)9-10-22-11-12-24(18(2)13-22)23-14-19(3)25(26-16-27)20(4)15-23/h5-8,11-15H,1-4H3. The van der Waals surface area contributed by atoms with Gasteiger partial charge in [0.2, 0.25) is 0 Å². The highest BCUT2D eigenvalue weighted by Gasteiger charge is 2.08. The molecule has 0 aliphatic heterocycles. The van der Waals surface area contributed by atoms with Crippen LogP contribution in [0.1, 0.15) is 33.4 Å². The van der Waals surface area contributed by atoms with Crippen molar-refractivity contribution in [1.82, 2.24) is 0 Å². The fourth-order valence-corrected chi connectivity index (χ4v) is 3.27. The topological polar surface area (TPSA) is 12.4 Å². The summed E-state index contributed by atoms with van der Waals surface area (Å²) in [4.78, 5) is 4.18. The molecular formula is C25H21NS. The van der Waals surface area contributed by atoms with E-state index in [2.05, 4.69) is 104 Å². The lowest BCUT2D eigenvalue weighted by Crippen LogP contribution is -1.89. The molecule has 0 aliphatic rings. The minimum Gasteiger partial charge on any atom is -0.194 e. The zero-order chi connectivity index (χ0) is 19.4. The van der Waals surface area contributed by atoms with E-state index in [1.54, 1.807) is 0 Å². The largest absolute Gasteiger partial charge is 0.194 e. The molecule has 1 nitrogen and oxygen atoms in total. The van der Waals surface area contributed by atoms with E-state index in [0.29, 0.717) is 0 Å². The van der Waals surface area contributed by atoms with Crippen LogP contribution in [0.5, 0.6) is 0 Å². The van der Waals surface area contributed by atoms with E-state index in [4.69, 9.17) is 12.2 Å². The van der Waals surface area contributed by atoms with Gasteiger partial charge in [0.1, 0.15) is 0 Å². The Bertz CT molecular complexity index is 1080. The van der Waals surface area contributed by atoms with Gasteiger partial charge in [-0.15, -0.1) is 0 Å². The van der Waals surface area contributed by atoms with Crippen LogP contribution < -0.4 is 0 Å². The Morgan fingerprint density at radius 1 is 0.704 bits per heavy atom. The van der Waals surface area contributed by atoms with Crippen LogP contribution in [0.2, 0.25) is 0 Å². The lowest BCUT2D eigenvalue weighted by molar-refractivity contribution is 1.33. The van der Waals surface area contributed by atoms with Crippen molar-refractivity contribution in [2.24, 2.45) is 4.99 Å². The molecule has 3 rings (SSSR count). The lowest BCUT2D eigenvalue weighted by atomic mass is 9.95. The third-order valence-electron chi connectivity index (χ3n) is 4.59. The third-order valence-corrected chi connectivity index (χ3v) is 4.68. The Morgan fingerprint density at radius 3 is 1.89 bits per heavy atom. The van der Waals surface area contributed by atoms with Crippen molar-refractivity contribution in [2.45, 2.75) is 27.7 Å². The maximum atomic E-state index is 4.75. The maximum Gasteiger partial charge on any atom is 0.0798 e. The van der Waals surface area contributed by atoms with E-state index in [0.717, 1.165) is 27.9 Å². The van der Waals surface area contributed by atoms with E-state index < -0.39 is 0 Å². The van der Waals surface area contributed by atoms with Gasteiger partial charge in [0, 0.05) is 11.1 Å². The minimum absolute atomic E-state index is 0.909. The number of isothiocyanates is 1. The smallest absolute Gasteiger partial charge is 0.0798 e. The van der Waals surface area contributed by atoms with Gasteiger partial charge in [0.15, 0.2) is 0 Å². The van der Waals surface area contributed by atoms with Gasteiger partial charge in [0.25, 0.3) is 0 Å². The van der Waals surface area contributed by atoms with Crippen LogP contribution in [0.25, 0.3) is 11.1 Å². The fraction of sp³-hybridized carbons (Fsp3) is 0.160. The van der Waals surface area contributed by atoms with Crippen molar-refractivity contribution in [1.29, 1.82) is 0 Å². The molecule has 3 aromatic carbocycles. The second-order valence-corrected chi connectivity index (χ2v) is 6.99. The SMILES string of the molecule is Cc1ccc(C#Cc2ccc(-c3cc(C)c(N=C=S)c(C)c3)c(C)c2)cc1. The average molecular weight is 368 g/mol. The van der Waals surface area contributed by atoms with E-state index in [-0.39, 0.29) is 0 Å². The number of aliphatic imine (C=N–C) groups is 1. The molecular weight excluding hydrogens is 346 g/mol. The van der Waals surface area contributed by atoms with Gasteiger partial charge in [0.05, 0.1) is 10.8 Å². The minimum atomic E-state index is 0.909. The van der Waals surface area contributed by atoms with E-state index in [1.165, 1.54) is 22.3 Å². The molecule has 27 heavy (non-hydrogen) atoms. The van der Waals surface area contributed by atoms with Gasteiger partial charge in [-0.25, -0.2) is 0 Å². The van der Waals surface area contributed by atoms with Crippen molar-refractivity contribution in [3.8, 4) is 23.0 Å². The van der Waals surface area contributed by atoms with Crippen LogP contribution in [0.15, 0.2) is 59.6 Å². The molecule has 132 valence electrons. The molecule has 0 N–H and O–H groups in total. The molecule has 0 amide bonds. The summed E-state index contributed by atoms with van der Waals surface area (Å²) in [6, 6.07) is 18.9. The van der Waals surface area contributed by atoms with Gasteiger partial charge in [-0.05, 0) is 104 Å². The molecule has 0 saturated carbocycles. The molecule has 0 aromatic heterocycles. The van der Waals surface area contributed by atoms with Crippen molar-refractivity contribution >= 4 is 23.1 Å². The normalized spacial score (nSPS) is 9.93. The first-order valence-electron chi connectivity index (χ1n) is 8.87. The van der Waals surface area contributed by atoms with Gasteiger partial charge in [-0.2, -0.15) is 4.99 Å². The van der Waals surface area contributed by atoms with E-state index >= 15 is 0 Å². The van der Waals surface area contributed by atoms with Gasteiger partial charge in [-0.1, -0.05) is 35.6 Å². The van der Waals surface area contributed by atoms with Crippen LogP contribution in [0, 0.1) is 39.5 Å². The van der Waals surface area contributed by atoms with Crippen LogP contribution in [0.4, 0.5) is 5.69 Å². The van der Waals surface area contributed by atoms with Crippen LogP contribution in [-0.4, -0.2) is 5.16 Å². The fourth-order valence-electron chi connectivity index (χ4n) is 3.18. The Labute approximate surface area is 166 Å². The van der Waals surface area contributed by atoms with Crippen LogP contribution in [-0.2, 0) is 0 Å². The van der Waals surface area contributed by atoms with E-state index in [9.17, 15) is 0 Å². The summed E-state index contributed by atoms with van der Waals surface area (Å²) < 4.78 is 0. The number of benzene rings is 3. The van der Waals surface area contributed by atoms with Crippen LogP contribution >= 0.6 is 12.2 Å². The first kappa shape index (κ1) is 18.8. The number of thiocarbonyl (C=S) groups is 1. The second-order valence-electron chi connectivity index (χ2n) is 6.81. The molecule has 0 aliphatic carbocycles. The van der Waals surface area contributed by atoms with Gasteiger partial charge in [-0.3, -0.25) is 0 Å². The number of hydrogen-bond donors (Lipinski definition) is 0. The Balaban J connectivity index is 1.94. The quantitative estimate of drug-likeness (QED) is 0.278. The molecule has 0 bridgehead atoms. The number of aryl methyl sites for hydroxylation is 4. The predicted molar refractivity (Wildman–Crippen MR) is 118 cm³/mol. The molecule has 0 atom stereocenters. The number of hydrogen-bond acceptors (Lipinski definition) is 2. The molecule has 0 radical (unpaired) electrons. The molecule has 0 spiro atoms. The van der Waals surface area contributed by atoms with Crippen molar-refractivity contribution in [3.63, 3.8) is 0 Å². The summed E-state index contributed by atoms with van der Waals surface area (Å²) >= 11 is 4.75. The van der Waals surface area contributed by atoms with Gasteiger partial charge >= 0.3 is 0 Å². The first-order chi connectivity index (χ1) is 13.0.